The molecule has 5 aliphatic rings. The summed E-state index contributed by atoms with van der Waals surface area (Å²) >= 11 is 0. The second-order valence-corrected chi connectivity index (χ2v) is 7.28. The molecule has 1 aromatic carbocycles. The molecule has 0 unspecified atom stereocenters. The van der Waals surface area contributed by atoms with E-state index in [0.29, 0.717) is 17.6 Å². The highest BCUT2D eigenvalue weighted by Crippen LogP contribution is 2.65. The van der Waals surface area contributed by atoms with Crippen LogP contribution < -0.4 is 9.64 Å². The highest BCUT2D eigenvalue weighted by atomic mass is 16.6. The number of rotatable bonds is 3. The number of nitrogens with zero attached hydrogens (tertiary/aromatic N) is 2. The van der Waals surface area contributed by atoms with Gasteiger partial charge in [-0.3, -0.25) is 19.7 Å². The molecule has 7 heteroatoms. The number of carbonyl (C=O) groups excluding carboxylic acids is 2. The molecule has 0 radical (unpaired) electrons. The van der Waals surface area contributed by atoms with Gasteiger partial charge in [-0.05, 0) is 42.2 Å². The Morgan fingerprint density at radius 3 is 2.24 bits per heavy atom. The van der Waals surface area contributed by atoms with E-state index in [-0.39, 0.29) is 46.9 Å². The van der Waals surface area contributed by atoms with Crippen molar-refractivity contribution in [1.82, 2.24) is 0 Å². The molecular formula is C18H16N2O5. The first kappa shape index (κ1) is 14.6. The maximum atomic E-state index is 13.1. The van der Waals surface area contributed by atoms with E-state index >= 15 is 0 Å². The van der Waals surface area contributed by atoms with E-state index in [1.165, 1.54) is 25.3 Å². The van der Waals surface area contributed by atoms with Gasteiger partial charge >= 0.3 is 0 Å². The molecule has 4 aliphatic carbocycles. The first-order valence-corrected chi connectivity index (χ1v) is 8.41. The number of amides is 2. The lowest BCUT2D eigenvalue weighted by Gasteiger charge is -2.37. The first-order valence-electron chi connectivity index (χ1n) is 8.41. The number of hydrogen-bond donors (Lipinski definition) is 0. The summed E-state index contributed by atoms with van der Waals surface area (Å²) in [6.45, 7) is 0. The summed E-state index contributed by atoms with van der Waals surface area (Å²) in [5, 5.41) is 11.5. The number of ether oxygens (including phenoxy) is 1. The van der Waals surface area contributed by atoms with E-state index in [1.54, 1.807) is 0 Å². The lowest BCUT2D eigenvalue weighted by atomic mass is 9.63. The predicted molar refractivity (Wildman–Crippen MR) is 86.8 cm³/mol. The van der Waals surface area contributed by atoms with Crippen LogP contribution in [0.3, 0.4) is 0 Å². The van der Waals surface area contributed by atoms with E-state index in [1.807, 2.05) is 0 Å². The molecule has 1 aromatic rings. The van der Waals surface area contributed by atoms with Crippen molar-refractivity contribution in [2.24, 2.45) is 35.5 Å². The van der Waals surface area contributed by atoms with Crippen LogP contribution in [-0.2, 0) is 9.59 Å². The average molecular weight is 340 g/mol. The lowest BCUT2D eigenvalue weighted by Crippen LogP contribution is -2.40. The van der Waals surface area contributed by atoms with Crippen molar-refractivity contribution in [3.05, 3.63) is 40.5 Å². The number of allylic oxidation sites excluding steroid dienone is 2. The molecule has 6 rings (SSSR count). The smallest absolute Gasteiger partial charge is 0.297 e. The van der Waals surface area contributed by atoms with Gasteiger partial charge in [-0.2, -0.15) is 0 Å². The van der Waals surface area contributed by atoms with Gasteiger partial charge in [0.1, 0.15) is 11.4 Å². The molecule has 0 aromatic heterocycles. The number of anilines is 1. The quantitative estimate of drug-likeness (QED) is 0.364. The van der Waals surface area contributed by atoms with Crippen molar-refractivity contribution < 1.29 is 19.2 Å². The summed E-state index contributed by atoms with van der Waals surface area (Å²) in [6.07, 6.45) is 5.24. The Balaban J connectivity index is 1.60. The first-order chi connectivity index (χ1) is 12.0. The average Bonchev–Trinajstić information content (AvgIpc) is 3.39. The maximum absolute atomic E-state index is 13.1. The molecule has 6 atom stereocenters. The van der Waals surface area contributed by atoms with Gasteiger partial charge in [0.25, 0.3) is 5.69 Å². The number of hydrogen-bond acceptors (Lipinski definition) is 5. The molecule has 3 fully saturated rings. The van der Waals surface area contributed by atoms with Gasteiger partial charge in [-0.25, -0.2) is 4.90 Å². The van der Waals surface area contributed by atoms with E-state index < -0.39 is 4.92 Å². The van der Waals surface area contributed by atoms with E-state index in [2.05, 4.69) is 12.2 Å². The molecule has 2 saturated carbocycles. The molecule has 128 valence electrons. The zero-order valence-corrected chi connectivity index (χ0v) is 13.5. The molecular weight excluding hydrogens is 324 g/mol. The summed E-state index contributed by atoms with van der Waals surface area (Å²) < 4.78 is 5.03. The molecule has 2 bridgehead atoms. The molecule has 1 heterocycles. The summed E-state index contributed by atoms with van der Waals surface area (Å²) in [6, 6.07) is 4.22. The minimum Gasteiger partial charge on any atom is -0.496 e. The monoisotopic (exact) mass is 340 g/mol. The summed E-state index contributed by atoms with van der Waals surface area (Å²) in [5.74, 6) is 0.173. The Bertz CT molecular complexity index is 827. The fourth-order valence-electron chi connectivity index (χ4n) is 5.16. The topological polar surface area (TPSA) is 89.8 Å². The molecule has 2 amide bonds. The summed E-state index contributed by atoms with van der Waals surface area (Å²) in [5.41, 5.74) is -0.242. The van der Waals surface area contributed by atoms with Crippen LogP contribution >= 0.6 is 0 Å². The third-order valence-electron chi connectivity index (χ3n) is 6.28. The molecule has 25 heavy (non-hydrogen) atoms. The number of carbonyl (C=O) groups is 2. The second-order valence-electron chi connectivity index (χ2n) is 7.28. The fraction of sp³-hybridized carbons (Fsp3) is 0.444. The van der Waals surface area contributed by atoms with Crippen LogP contribution in [0.5, 0.6) is 5.75 Å². The standard InChI is InChI=1S/C18H16N2O5/c1-25-8-2-5-13(14(6-8)20(23)24)19-17(21)15-9-3-4-10(12-7-11(9)12)16(15)18(19)22/h2-6,9-12,15-16H,7H2,1H3/t9-,10-,11-,12+,15-,16+/m0/s1. The molecule has 1 saturated heterocycles. The van der Waals surface area contributed by atoms with Crippen LogP contribution in [0.4, 0.5) is 11.4 Å². The molecule has 1 aliphatic heterocycles. The van der Waals surface area contributed by atoms with E-state index in [9.17, 15) is 19.7 Å². The van der Waals surface area contributed by atoms with Crippen molar-refractivity contribution in [2.45, 2.75) is 6.42 Å². The van der Waals surface area contributed by atoms with Gasteiger partial charge < -0.3 is 4.74 Å². The van der Waals surface area contributed by atoms with Gasteiger partial charge in [0.15, 0.2) is 0 Å². The molecule has 7 nitrogen and oxygen atoms in total. The van der Waals surface area contributed by atoms with Gasteiger partial charge in [0.05, 0.1) is 29.9 Å². The van der Waals surface area contributed by atoms with Crippen LogP contribution in [0, 0.1) is 45.6 Å². The van der Waals surface area contributed by atoms with Crippen molar-refractivity contribution in [1.29, 1.82) is 0 Å². The zero-order chi connectivity index (χ0) is 17.5. The number of imide groups is 1. The summed E-state index contributed by atoms with van der Waals surface area (Å²) in [7, 11) is 1.41. The minimum atomic E-state index is -0.579. The minimum absolute atomic E-state index is 0.0447. The third kappa shape index (κ3) is 1.75. The Labute approximate surface area is 143 Å². The van der Waals surface area contributed by atoms with Gasteiger partial charge in [-0.15, -0.1) is 0 Å². The lowest BCUT2D eigenvalue weighted by molar-refractivity contribution is -0.384. The number of methoxy groups -OCH3 is 1. The normalized spacial score (nSPS) is 37.1. The SMILES string of the molecule is COc1ccc(N2C(=O)[C@@H]3[C@H]4C=C[C@@H]([C@@H]5C[C@H]45)[C@@H]3C2=O)c([N+](=O)[O-])c1. The third-order valence-corrected chi connectivity index (χ3v) is 6.28. The maximum Gasteiger partial charge on any atom is 0.297 e. The van der Waals surface area contributed by atoms with Gasteiger partial charge in [0, 0.05) is 0 Å². The molecule has 0 N–H and O–H groups in total. The van der Waals surface area contributed by atoms with Crippen molar-refractivity contribution in [3.63, 3.8) is 0 Å². The van der Waals surface area contributed by atoms with Crippen LogP contribution in [0.25, 0.3) is 0 Å². The number of nitro groups is 1. The number of benzene rings is 1. The largest absolute Gasteiger partial charge is 0.496 e. The van der Waals surface area contributed by atoms with E-state index in [0.717, 1.165) is 11.3 Å². The fourth-order valence-corrected chi connectivity index (χ4v) is 5.16. The van der Waals surface area contributed by atoms with Crippen LogP contribution in [0.1, 0.15) is 6.42 Å². The van der Waals surface area contributed by atoms with Crippen molar-refractivity contribution in [3.8, 4) is 5.75 Å². The highest BCUT2D eigenvalue weighted by Gasteiger charge is 2.67. The second kappa shape index (κ2) is 4.68. The Morgan fingerprint density at radius 2 is 1.72 bits per heavy atom. The zero-order valence-electron chi connectivity index (χ0n) is 13.5. The van der Waals surface area contributed by atoms with Crippen molar-refractivity contribution in [2.75, 3.05) is 12.0 Å². The highest BCUT2D eigenvalue weighted by molar-refractivity contribution is 6.23. The van der Waals surface area contributed by atoms with Crippen LogP contribution in [0.2, 0.25) is 0 Å². The Hall–Kier alpha value is -2.70. The predicted octanol–water partition coefficient (Wildman–Crippen LogP) is 2.16. The van der Waals surface area contributed by atoms with Crippen molar-refractivity contribution >= 4 is 23.2 Å². The Kier molecular flexibility index (Phi) is 2.74. The number of nitro benzene ring substituents is 1. The van der Waals surface area contributed by atoms with Crippen LogP contribution in [0.15, 0.2) is 30.4 Å². The van der Waals surface area contributed by atoms with E-state index in [4.69, 9.17) is 4.74 Å². The van der Waals surface area contributed by atoms with Gasteiger partial charge in [0.2, 0.25) is 11.8 Å². The Morgan fingerprint density at radius 1 is 1.12 bits per heavy atom. The van der Waals surface area contributed by atoms with Crippen LogP contribution in [-0.4, -0.2) is 23.8 Å². The van der Waals surface area contributed by atoms with Gasteiger partial charge in [-0.1, -0.05) is 12.2 Å². The molecule has 0 spiro atoms. The summed E-state index contributed by atoms with van der Waals surface area (Å²) in [4.78, 5) is 38.0.